The molecule has 0 spiro atoms. The summed E-state index contributed by atoms with van der Waals surface area (Å²) in [5, 5.41) is 4.65. The first-order valence-corrected chi connectivity index (χ1v) is 9.14. The summed E-state index contributed by atoms with van der Waals surface area (Å²) in [5.41, 5.74) is 0. The number of nitrogens with zero attached hydrogens (tertiary/aromatic N) is 2. The van der Waals surface area contributed by atoms with Gasteiger partial charge >= 0.3 is 0 Å². The van der Waals surface area contributed by atoms with Crippen LogP contribution in [0.15, 0.2) is 4.99 Å². The van der Waals surface area contributed by atoms with Gasteiger partial charge in [-0.3, -0.25) is 9.79 Å². The molecule has 21 heavy (non-hydrogen) atoms. The van der Waals surface area contributed by atoms with Crippen molar-refractivity contribution in [2.75, 3.05) is 32.1 Å². The van der Waals surface area contributed by atoms with Gasteiger partial charge in [0.1, 0.15) is 0 Å². The van der Waals surface area contributed by atoms with E-state index in [1.165, 1.54) is 25.7 Å². The maximum absolute atomic E-state index is 12.0. The highest BCUT2D eigenvalue weighted by Gasteiger charge is 2.30. The molecule has 3 rings (SSSR count). The predicted molar refractivity (Wildman–Crippen MR) is 85.7 cm³/mol. The van der Waals surface area contributed by atoms with Crippen molar-refractivity contribution in [2.24, 2.45) is 4.99 Å². The third-order valence-electron chi connectivity index (χ3n) is 4.46. The predicted octanol–water partition coefficient (Wildman–Crippen LogP) is 1.63. The molecule has 0 unspecified atom stereocenters. The van der Waals surface area contributed by atoms with E-state index in [-0.39, 0.29) is 5.91 Å². The molecule has 1 amide bonds. The van der Waals surface area contributed by atoms with E-state index in [1.807, 2.05) is 4.90 Å². The van der Waals surface area contributed by atoms with E-state index < -0.39 is 0 Å². The molecule has 1 aliphatic carbocycles. The number of morpholine rings is 1. The van der Waals surface area contributed by atoms with E-state index in [1.54, 1.807) is 11.8 Å². The standard InChI is InChI=1S/C15H25N3O2S/c19-14(18-7-9-20-10-8-18)6-3-11-21-15-16-12-4-1-2-5-13(12)17-15/h12-13H,1-11H2,(H,16,17)/t12-,13-/m0/s1. The maximum atomic E-state index is 12.0. The number of thioether (sulfide) groups is 1. The zero-order valence-corrected chi connectivity index (χ0v) is 13.4. The molecule has 0 aromatic heterocycles. The van der Waals surface area contributed by atoms with Gasteiger partial charge in [-0.25, -0.2) is 0 Å². The van der Waals surface area contributed by atoms with Gasteiger partial charge in [-0.15, -0.1) is 0 Å². The van der Waals surface area contributed by atoms with Crippen LogP contribution < -0.4 is 5.32 Å². The van der Waals surface area contributed by atoms with Gasteiger partial charge in [0.25, 0.3) is 0 Å². The Morgan fingerprint density at radius 2 is 2.14 bits per heavy atom. The molecule has 6 heteroatoms. The third-order valence-corrected chi connectivity index (χ3v) is 5.45. The molecule has 0 radical (unpaired) electrons. The van der Waals surface area contributed by atoms with Crippen LogP contribution in [0.2, 0.25) is 0 Å². The summed E-state index contributed by atoms with van der Waals surface area (Å²) in [6.07, 6.45) is 6.71. The monoisotopic (exact) mass is 311 g/mol. The molecule has 5 nitrogen and oxygen atoms in total. The third kappa shape index (κ3) is 4.13. The first kappa shape index (κ1) is 15.2. The van der Waals surface area contributed by atoms with Gasteiger partial charge < -0.3 is 15.0 Å². The average molecular weight is 311 g/mol. The molecule has 3 aliphatic rings. The van der Waals surface area contributed by atoms with Gasteiger partial charge in [-0.2, -0.15) is 0 Å². The Morgan fingerprint density at radius 1 is 1.33 bits per heavy atom. The van der Waals surface area contributed by atoms with E-state index in [9.17, 15) is 4.79 Å². The molecule has 1 saturated carbocycles. The first-order valence-electron chi connectivity index (χ1n) is 8.15. The van der Waals surface area contributed by atoms with Gasteiger partial charge in [0.2, 0.25) is 5.91 Å². The second-order valence-corrected chi connectivity index (χ2v) is 7.07. The van der Waals surface area contributed by atoms with Crippen molar-refractivity contribution in [3.8, 4) is 0 Å². The van der Waals surface area contributed by atoms with Gasteiger partial charge in [0.15, 0.2) is 5.17 Å². The zero-order chi connectivity index (χ0) is 14.5. The highest BCUT2D eigenvalue weighted by molar-refractivity contribution is 8.13. The normalized spacial score (nSPS) is 28.8. The van der Waals surface area contributed by atoms with E-state index in [0.717, 1.165) is 30.4 Å². The largest absolute Gasteiger partial charge is 0.378 e. The van der Waals surface area contributed by atoms with Gasteiger partial charge in [-0.1, -0.05) is 24.6 Å². The van der Waals surface area contributed by atoms with E-state index in [4.69, 9.17) is 9.73 Å². The first-order chi connectivity index (χ1) is 10.3. The Balaban J connectivity index is 1.32. The summed E-state index contributed by atoms with van der Waals surface area (Å²) in [4.78, 5) is 18.7. The summed E-state index contributed by atoms with van der Waals surface area (Å²) in [6, 6.07) is 1.09. The second kappa shape index (κ2) is 7.49. The Bertz CT molecular complexity index is 396. The van der Waals surface area contributed by atoms with E-state index in [2.05, 4.69) is 5.32 Å². The summed E-state index contributed by atoms with van der Waals surface area (Å²) >= 11 is 1.78. The van der Waals surface area contributed by atoms with Crippen LogP contribution in [0.3, 0.4) is 0 Å². The number of amidine groups is 1. The Labute approximate surface area is 130 Å². The number of aliphatic imine (C=N–C) groups is 1. The number of hydrogen-bond donors (Lipinski definition) is 1. The maximum Gasteiger partial charge on any atom is 0.222 e. The summed E-state index contributed by atoms with van der Waals surface area (Å²) in [6.45, 7) is 2.88. The lowest BCUT2D eigenvalue weighted by molar-refractivity contribution is -0.135. The topological polar surface area (TPSA) is 53.9 Å². The number of nitrogens with one attached hydrogen (secondary N) is 1. The molecule has 2 atom stereocenters. The molecule has 118 valence electrons. The number of hydrogen-bond acceptors (Lipinski definition) is 5. The quantitative estimate of drug-likeness (QED) is 0.802. The average Bonchev–Trinajstić information content (AvgIpc) is 2.95. The highest BCUT2D eigenvalue weighted by Crippen LogP contribution is 2.27. The lowest BCUT2D eigenvalue weighted by atomic mass is 9.92. The van der Waals surface area contributed by atoms with Crippen molar-refractivity contribution in [3.63, 3.8) is 0 Å². The summed E-state index contributed by atoms with van der Waals surface area (Å²) in [5.74, 6) is 1.25. The fourth-order valence-corrected chi connectivity index (χ4v) is 4.15. The van der Waals surface area contributed by atoms with Crippen LogP contribution in [0.4, 0.5) is 0 Å². The fraction of sp³-hybridized carbons (Fsp3) is 0.867. The van der Waals surface area contributed by atoms with Crippen LogP contribution >= 0.6 is 11.8 Å². The van der Waals surface area contributed by atoms with Gasteiger partial charge in [-0.05, 0) is 19.3 Å². The smallest absolute Gasteiger partial charge is 0.222 e. The van der Waals surface area contributed by atoms with Crippen LogP contribution in [-0.2, 0) is 9.53 Å². The van der Waals surface area contributed by atoms with Crippen molar-refractivity contribution >= 4 is 22.8 Å². The molecule has 0 aromatic rings. The van der Waals surface area contributed by atoms with Crippen LogP contribution in [0.25, 0.3) is 0 Å². The van der Waals surface area contributed by atoms with Crippen molar-refractivity contribution in [1.82, 2.24) is 10.2 Å². The fourth-order valence-electron chi connectivity index (χ4n) is 3.22. The summed E-state index contributed by atoms with van der Waals surface area (Å²) in [7, 11) is 0. The molecular formula is C15H25N3O2S. The lowest BCUT2D eigenvalue weighted by Gasteiger charge is -2.26. The van der Waals surface area contributed by atoms with E-state index >= 15 is 0 Å². The van der Waals surface area contributed by atoms with Crippen LogP contribution in [0.5, 0.6) is 0 Å². The second-order valence-electron chi connectivity index (χ2n) is 5.98. The number of amides is 1. The molecular weight excluding hydrogens is 286 g/mol. The number of rotatable bonds is 4. The molecule has 2 fully saturated rings. The van der Waals surface area contributed by atoms with Crippen LogP contribution in [0.1, 0.15) is 38.5 Å². The molecule has 2 heterocycles. The molecule has 0 aromatic carbocycles. The molecule has 2 aliphatic heterocycles. The Hall–Kier alpha value is -0.750. The number of ether oxygens (including phenoxy) is 1. The number of carbonyl (C=O) groups excluding carboxylic acids is 1. The van der Waals surface area contributed by atoms with Gasteiger partial charge in [0.05, 0.1) is 25.3 Å². The van der Waals surface area contributed by atoms with Crippen molar-refractivity contribution in [3.05, 3.63) is 0 Å². The molecule has 0 bridgehead atoms. The summed E-state index contributed by atoms with van der Waals surface area (Å²) < 4.78 is 5.27. The minimum absolute atomic E-state index is 0.272. The molecule has 1 saturated heterocycles. The number of fused-ring (bicyclic) bond motifs is 1. The van der Waals surface area contributed by atoms with E-state index in [0.29, 0.717) is 31.7 Å². The van der Waals surface area contributed by atoms with Crippen LogP contribution in [0, 0.1) is 0 Å². The van der Waals surface area contributed by atoms with Crippen molar-refractivity contribution in [2.45, 2.75) is 50.6 Å². The zero-order valence-electron chi connectivity index (χ0n) is 12.6. The minimum Gasteiger partial charge on any atom is -0.378 e. The Kier molecular flexibility index (Phi) is 5.41. The van der Waals surface area contributed by atoms with Crippen molar-refractivity contribution < 1.29 is 9.53 Å². The minimum atomic E-state index is 0.272. The molecule has 1 N–H and O–H groups in total. The lowest BCUT2D eigenvalue weighted by Crippen LogP contribution is -2.40. The Morgan fingerprint density at radius 3 is 2.95 bits per heavy atom. The SMILES string of the molecule is O=C(CCCSC1=N[C@H]2CCCC[C@@H]2N1)N1CCOCC1. The van der Waals surface area contributed by atoms with Gasteiger partial charge in [0, 0.05) is 25.3 Å². The van der Waals surface area contributed by atoms with Crippen molar-refractivity contribution in [1.29, 1.82) is 0 Å². The van der Waals surface area contributed by atoms with Crippen LogP contribution in [-0.4, -0.2) is 60.1 Å². The highest BCUT2D eigenvalue weighted by atomic mass is 32.2. The number of carbonyl (C=O) groups is 1.